The molecule has 3 aromatic rings. The lowest BCUT2D eigenvalue weighted by Crippen LogP contribution is -2.48. The number of carbonyl (C=O) groups excluding carboxylic acids is 1. The normalized spacial score (nSPS) is 14.5. The number of halogens is 3. The van der Waals surface area contributed by atoms with Crippen LogP contribution in [0, 0.1) is 6.92 Å². The number of piperazine rings is 1. The Bertz CT molecular complexity index is 1180. The molecule has 0 aliphatic carbocycles. The molecule has 0 atom stereocenters. The Kier molecular flexibility index (Phi) is 8.33. The van der Waals surface area contributed by atoms with E-state index in [-0.39, 0.29) is 5.91 Å². The number of pyridine rings is 1. The van der Waals surface area contributed by atoms with Crippen LogP contribution >= 0.6 is 0 Å². The van der Waals surface area contributed by atoms with Crippen LogP contribution in [0.5, 0.6) is 5.75 Å². The van der Waals surface area contributed by atoms with Gasteiger partial charge in [0.1, 0.15) is 18.2 Å². The highest BCUT2D eigenvalue weighted by Gasteiger charge is 2.30. The molecule has 1 saturated heterocycles. The summed E-state index contributed by atoms with van der Waals surface area (Å²) in [4.78, 5) is 23.3. The molecule has 0 bridgehead atoms. The van der Waals surface area contributed by atoms with E-state index < -0.39 is 11.7 Å². The number of aromatic nitrogens is 1. The van der Waals surface area contributed by atoms with Crippen LogP contribution in [0.15, 0.2) is 66.9 Å². The maximum atomic E-state index is 12.9. The van der Waals surface area contributed by atoms with Crippen molar-refractivity contribution in [2.75, 3.05) is 51.3 Å². The van der Waals surface area contributed by atoms with Crippen LogP contribution in [0.4, 0.5) is 19.0 Å². The first kappa shape index (κ1) is 26.5. The molecular weight excluding hydrogens is 481 g/mol. The van der Waals surface area contributed by atoms with Crippen molar-refractivity contribution in [3.8, 4) is 5.75 Å². The summed E-state index contributed by atoms with van der Waals surface area (Å²) in [6.07, 6.45) is -2.54. The van der Waals surface area contributed by atoms with E-state index in [9.17, 15) is 18.0 Å². The standard InChI is InChI=1S/C28H31F3N4O2/c1-21-11-12-32-26(19-21)33(2)17-18-37-25-9-5-23(6-10-25)27(36)35-15-13-34(14-16-35)20-22-3-7-24(8-4-22)28(29,30)31/h3-12,19H,13-18,20H2,1-2H3. The lowest BCUT2D eigenvalue weighted by molar-refractivity contribution is -0.137. The van der Waals surface area contributed by atoms with Crippen molar-refractivity contribution in [2.24, 2.45) is 0 Å². The molecule has 6 nitrogen and oxygen atoms in total. The van der Waals surface area contributed by atoms with Gasteiger partial charge in [0, 0.05) is 51.5 Å². The molecule has 0 spiro atoms. The van der Waals surface area contributed by atoms with Crippen molar-refractivity contribution in [2.45, 2.75) is 19.6 Å². The molecule has 37 heavy (non-hydrogen) atoms. The topological polar surface area (TPSA) is 48.9 Å². The molecule has 2 heterocycles. The Hall–Kier alpha value is -3.59. The number of hydrogen-bond donors (Lipinski definition) is 0. The number of ether oxygens (including phenoxy) is 1. The van der Waals surface area contributed by atoms with E-state index in [1.165, 1.54) is 12.1 Å². The summed E-state index contributed by atoms with van der Waals surface area (Å²) in [6, 6.07) is 16.4. The molecule has 1 aliphatic rings. The average molecular weight is 513 g/mol. The van der Waals surface area contributed by atoms with Crippen molar-refractivity contribution in [1.82, 2.24) is 14.8 Å². The van der Waals surface area contributed by atoms with E-state index in [0.29, 0.717) is 57.2 Å². The van der Waals surface area contributed by atoms with Crippen LogP contribution in [0.25, 0.3) is 0 Å². The highest BCUT2D eigenvalue weighted by Crippen LogP contribution is 2.29. The van der Waals surface area contributed by atoms with Gasteiger partial charge in [-0.1, -0.05) is 12.1 Å². The smallest absolute Gasteiger partial charge is 0.416 e. The van der Waals surface area contributed by atoms with Gasteiger partial charge < -0.3 is 14.5 Å². The Balaban J connectivity index is 1.21. The molecule has 0 unspecified atom stereocenters. The molecule has 4 rings (SSSR count). The van der Waals surface area contributed by atoms with Gasteiger partial charge in [-0.3, -0.25) is 9.69 Å². The predicted molar refractivity (Wildman–Crippen MR) is 137 cm³/mol. The van der Waals surface area contributed by atoms with Gasteiger partial charge >= 0.3 is 6.18 Å². The fraction of sp³-hybridized carbons (Fsp3) is 0.357. The highest BCUT2D eigenvalue weighted by atomic mass is 19.4. The van der Waals surface area contributed by atoms with Gasteiger partial charge in [0.15, 0.2) is 0 Å². The summed E-state index contributed by atoms with van der Waals surface area (Å²) in [7, 11) is 1.97. The zero-order chi connectivity index (χ0) is 26.4. The largest absolute Gasteiger partial charge is 0.492 e. The number of amides is 1. The molecule has 1 aliphatic heterocycles. The molecular formula is C28H31F3N4O2. The zero-order valence-electron chi connectivity index (χ0n) is 21.0. The molecule has 1 amide bonds. The molecule has 1 fully saturated rings. The van der Waals surface area contributed by atoms with Gasteiger partial charge in [0.05, 0.1) is 12.1 Å². The molecule has 196 valence electrons. The predicted octanol–water partition coefficient (Wildman–Crippen LogP) is 4.88. The molecule has 9 heteroatoms. The van der Waals surface area contributed by atoms with Gasteiger partial charge in [-0.25, -0.2) is 4.98 Å². The van der Waals surface area contributed by atoms with E-state index in [0.717, 1.165) is 29.1 Å². The third-order valence-corrected chi connectivity index (χ3v) is 6.44. The SMILES string of the molecule is Cc1ccnc(N(C)CCOc2ccc(C(=O)N3CCN(Cc4ccc(C(F)(F)F)cc4)CC3)cc2)c1. The van der Waals surface area contributed by atoms with Crippen LogP contribution in [-0.2, 0) is 12.7 Å². The minimum Gasteiger partial charge on any atom is -0.492 e. The van der Waals surface area contributed by atoms with Crippen LogP contribution in [0.3, 0.4) is 0 Å². The first-order valence-electron chi connectivity index (χ1n) is 12.2. The monoisotopic (exact) mass is 512 g/mol. The second kappa shape index (κ2) is 11.6. The number of nitrogens with zero attached hydrogens (tertiary/aromatic N) is 4. The van der Waals surface area contributed by atoms with Crippen LogP contribution in [0.2, 0.25) is 0 Å². The molecule has 0 N–H and O–H groups in total. The highest BCUT2D eigenvalue weighted by molar-refractivity contribution is 5.94. The average Bonchev–Trinajstić information content (AvgIpc) is 2.89. The van der Waals surface area contributed by atoms with Crippen molar-refractivity contribution < 1.29 is 22.7 Å². The first-order chi connectivity index (χ1) is 17.7. The summed E-state index contributed by atoms with van der Waals surface area (Å²) in [6.45, 7) is 6.21. The summed E-state index contributed by atoms with van der Waals surface area (Å²) in [5.41, 5.74) is 1.93. The summed E-state index contributed by atoms with van der Waals surface area (Å²) < 4.78 is 44.1. The van der Waals surface area contributed by atoms with E-state index in [2.05, 4.69) is 9.88 Å². The lowest BCUT2D eigenvalue weighted by Gasteiger charge is -2.34. The van der Waals surface area contributed by atoms with Crippen molar-refractivity contribution in [3.63, 3.8) is 0 Å². The molecule has 2 aromatic carbocycles. The summed E-state index contributed by atoms with van der Waals surface area (Å²) >= 11 is 0. The summed E-state index contributed by atoms with van der Waals surface area (Å²) in [5.74, 6) is 1.55. The van der Waals surface area contributed by atoms with E-state index in [1.807, 2.05) is 35.9 Å². The van der Waals surface area contributed by atoms with E-state index >= 15 is 0 Å². The second-order valence-electron chi connectivity index (χ2n) is 9.25. The number of hydrogen-bond acceptors (Lipinski definition) is 5. The lowest BCUT2D eigenvalue weighted by atomic mass is 10.1. The van der Waals surface area contributed by atoms with Gasteiger partial charge in [0.2, 0.25) is 0 Å². The number of aryl methyl sites for hydroxylation is 1. The minimum absolute atomic E-state index is 0.0361. The van der Waals surface area contributed by atoms with Gasteiger partial charge in [0.25, 0.3) is 5.91 Å². The van der Waals surface area contributed by atoms with Crippen molar-refractivity contribution >= 4 is 11.7 Å². The van der Waals surface area contributed by atoms with Gasteiger partial charge in [-0.2, -0.15) is 13.2 Å². The number of alkyl halides is 3. The van der Waals surface area contributed by atoms with Gasteiger partial charge in [-0.05, 0) is 66.6 Å². The van der Waals surface area contributed by atoms with Crippen molar-refractivity contribution in [3.05, 3.63) is 89.1 Å². The fourth-order valence-electron chi connectivity index (χ4n) is 4.19. The summed E-state index contributed by atoms with van der Waals surface area (Å²) in [5, 5.41) is 0. The van der Waals surface area contributed by atoms with Crippen molar-refractivity contribution in [1.29, 1.82) is 0 Å². The first-order valence-corrected chi connectivity index (χ1v) is 12.2. The molecule has 0 saturated carbocycles. The Morgan fingerprint density at radius 3 is 2.30 bits per heavy atom. The van der Waals surface area contributed by atoms with Crippen LogP contribution in [-0.4, -0.2) is 67.1 Å². The fourth-order valence-corrected chi connectivity index (χ4v) is 4.19. The van der Waals surface area contributed by atoms with Crippen LogP contribution < -0.4 is 9.64 Å². The third-order valence-electron chi connectivity index (χ3n) is 6.44. The Morgan fingerprint density at radius 1 is 1.00 bits per heavy atom. The maximum absolute atomic E-state index is 12.9. The Morgan fingerprint density at radius 2 is 1.68 bits per heavy atom. The van der Waals surface area contributed by atoms with Crippen LogP contribution in [0.1, 0.15) is 27.0 Å². The number of likely N-dealkylation sites (N-methyl/N-ethyl adjacent to an activating group) is 1. The number of benzene rings is 2. The number of anilines is 1. The molecule has 1 aromatic heterocycles. The maximum Gasteiger partial charge on any atom is 0.416 e. The Labute approximate surface area is 215 Å². The zero-order valence-corrected chi connectivity index (χ0v) is 21.0. The van der Waals surface area contributed by atoms with E-state index in [1.54, 1.807) is 30.5 Å². The third kappa shape index (κ3) is 7.22. The molecule has 0 radical (unpaired) electrons. The quantitative estimate of drug-likeness (QED) is 0.431. The minimum atomic E-state index is -4.33. The number of carbonyl (C=O) groups is 1. The van der Waals surface area contributed by atoms with E-state index in [4.69, 9.17) is 4.74 Å². The second-order valence-corrected chi connectivity index (χ2v) is 9.25. The number of rotatable bonds is 8. The van der Waals surface area contributed by atoms with Gasteiger partial charge in [-0.15, -0.1) is 0 Å².